The molecule has 0 radical (unpaired) electrons. The topological polar surface area (TPSA) is 0 Å². The highest BCUT2D eigenvalue weighted by Gasteiger charge is 2.03. The Morgan fingerprint density at radius 3 is 0.957 bits per heavy atom. The Balaban J connectivity index is -0.000000106. The molecule has 0 saturated carbocycles. The van der Waals surface area contributed by atoms with Gasteiger partial charge in [0.1, 0.15) is 0 Å². The molecule has 0 amide bonds. The molecular weight excluding hydrogens is 276 g/mol. The van der Waals surface area contributed by atoms with E-state index in [1.807, 2.05) is 13.8 Å². The van der Waals surface area contributed by atoms with E-state index in [4.69, 9.17) is 0 Å². The molecule has 0 atom stereocenters. The largest absolute Gasteiger partial charge is 0.0911 e. The summed E-state index contributed by atoms with van der Waals surface area (Å²) in [6, 6.07) is 0. The third kappa shape index (κ3) is 113. The van der Waals surface area contributed by atoms with E-state index in [9.17, 15) is 0 Å². The highest BCUT2D eigenvalue weighted by Crippen LogP contribution is 2.16. The van der Waals surface area contributed by atoms with Gasteiger partial charge in [0.05, 0.1) is 0 Å². The van der Waals surface area contributed by atoms with Crippen molar-refractivity contribution in [1.29, 1.82) is 0 Å². The van der Waals surface area contributed by atoms with Crippen LogP contribution in [0.4, 0.5) is 0 Å². The molecule has 0 aliphatic rings. The average molecular weight is 327 g/mol. The first-order valence-corrected chi connectivity index (χ1v) is 9.13. The number of hydrogen-bond acceptors (Lipinski definition) is 0. The quantitative estimate of drug-likeness (QED) is 0.389. The Morgan fingerprint density at radius 2 is 0.957 bits per heavy atom. The van der Waals surface area contributed by atoms with Gasteiger partial charge in [0.15, 0.2) is 0 Å². The second kappa shape index (κ2) is 15.0. The molecule has 142 valence electrons. The molecule has 0 aromatic carbocycles. The first-order chi connectivity index (χ1) is 9.89. The van der Waals surface area contributed by atoms with Crippen molar-refractivity contribution in [2.75, 3.05) is 0 Å². The van der Waals surface area contributed by atoms with E-state index < -0.39 is 0 Å². The van der Waals surface area contributed by atoms with Crippen LogP contribution in [0, 0.1) is 16.2 Å². The van der Waals surface area contributed by atoms with Crippen molar-refractivity contribution >= 4 is 0 Å². The number of allylic oxidation sites excluding steroid dienone is 4. The van der Waals surface area contributed by atoms with Gasteiger partial charge in [-0.2, -0.15) is 0 Å². The molecule has 0 nitrogen and oxygen atoms in total. The summed E-state index contributed by atoms with van der Waals surface area (Å²) >= 11 is 0. The van der Waals surface area contributed by atoms with Gasteiger partial charge in [-0.25, -0.2) is 0 Å². The van der Waals surface area contributed by atoms with Crippen molar-refractivity contribution in [2.45, 2.75) is 110 Å². The maximum Gasteiger partial charge on any atom is -0.0203 e. The summed E-state index contributed by atoms with van der Waals surface area (Å²) in [6.45, 7) is 32.5. The van der Waals surface area contributed by atoms with Gasteiger partial charge in [0.2, 0.25) is 0 Å². The summed E-state index contributed by atoms with van der Waals surface area (Å²) in [5.41, 5.74) is 2.79. The molecule has 0 bridgehead atoms. The van der Waals surface area contributed by atoms with Crippen molar-refractivity contribution in [1.82, 2.24) is 0 Å². The van der Waals surface area contributed by atoms with E-state index in [2.05, 4.69) is 108 Å². The minimum Gasteiger partial charge on any atom is -0.0911 e. The average Bonchev–Trinajstić information content (AvgIpc) is 2.25. The highest BCUT2D eigenvalue weighted by atomic mass is 14.1. The maximum absolute atomic E-state index is 2.24. The van der Waals surface area contributed by atoms with E-state index in [0.717, 1.165) is 0 Å². The SMILES string of the molecule is CC(C)(C)C.CC=C(C)C.CC=CC(C)(C)C.CCC(C)(C)C. The molecule has 0 saturated heterocycles. The lowest BCUT2D eigenvalue weighted by Crippen LogP contribution is -2.00. The minimum absolute atomic E-state index is 0.370. The van der Waals surface area contributed by atoms with Crippen LogP contribution < -0.4 is 0 Å². The lowest BCUT2D eigenvalue weighted by atomic mass is 9.94. The van der Waals surface area contributed by atoms with Crippen LogP contribution in [0.3, 0.4) is 0 Å². The monoisotopic (exact) mass is 326 g/mol. The molecule has 0 N–H and O–H groups in total. The van der Waals surface area contributed by atoms with Gasteiger partial charge in [-0.15, -0.1) is 0 Å². The molecular formula is C23H50. The molecule has 0 spiro atoms. The fourth-order valence-electron chi connectivity index (χ4n) is 0.500. The Kier molecular flexibility index (Phi) is 19.9. The Bertz CT molecular complexity index is 271. The van der Waals surface area contributed by atoms with Crippen molar-refractivity contribution in [3.05, 3.63) is 23.8 Å². The third-order valence-electron chi connectivity index (χ3n) is 2.30. The lowest BCUT2D eigenvalue weighted by molar-refractivity contribution is 0.398. The normalized spacial score (nSPS) is 11.3. The molecule has 0 heterocycles. The smallest absolute Gasteiger partial charge is 0.0203 e. The van der Waals surface area contributed by atoms with Crippen molar-refractivity contribution in [3.8, 4) is 0 Å². The van der Waals surface area contributed by atoms with E-state index in [1.165, 1.54) is 12.0 Å². The molecule has 0 aromatic heterocycles. The second-order valence-corrected chi connectivity index (χ2v) is 10.1. The summed E-state index contributed by atoms with van der Waals surface area (Å²) in [7, 11) is 0. The summed E-state index contributed by atoms with van der Waals surface area (Å²) in [4.78, 5) is 0. The number of rotatable bonds is 0. The van der Waals surface area contributed by atoms with E-state index in [1.54, 1.807) is 0 Å². The van der Waals surface area contributed by atoms with E-state index in [0.29, 0.717) is 16.2 Å². The molecule has 0 heteroatoms. The van der Waals surface area contributed by atoms with Crippen LogP contribution in [0.15, 0.2) is 23.8 Å². The third-order valence-corrected chi connectivity index (χ3v) is 2.30. The van der Waals surface area contributed by atoms with Crippen LogP contribution in [-0.4, -0.2) is 0 Å². The summed E-state index contributed by atoms with van der Waals surface area (Å²) < 4.78 is 0. The van der Waals surface area contributed by atoms with Gasteiger partial charge in [-0.1, -0.05) is 106 Å². The van der Waals surface area contributed by atoms with Crippen LogP contribution in [0.2, 0.25) is 0 Å². The van der Waals surface area contributed by atoms with Crippen molar-refractivity contribution in [2.24, 2.45) is 16.2 Å². The molecule has 0 unspecified atom stereocenters. The van der Waals surface area contributed by atoms with Crippen LogP contribution in [0.5, 0.6) is 0 Å². The zero-order chi connectivity index (χ0) is 19.9. The van der Waals surface area contributed by atoms with Crippen LogP contribution in [0.1, 0.15) is 110 Å². The minimum atomic E-state index is 0.370. The number of hydrogen-bond donors (Lipinski definition) is 0. The van der Waals surface area contributed by atoms with Crippen molar-refractivity contribution in [3.63, 3.8) is 0 Å². The predicted molar refractivity (Wildman–Crippen MR) is 114 cm³/mol. The molecule has 0 rings (SSSR count). The van der Waals surface area contributed by atoms with Gasteiger partial charge in [-0.3, -0.25) is 0 Å². The second-order valence-electron chi connectivity index (χ2n) is 10.1. The zero-order valence-corrected chi connectivity index (χ0v) is 19.4. The summed E-state index contributed by atoms with van der Waals surface area (Å²) in [5, 5.41) is 0. The first kappa shape index (κ1) is 30.4. The highest BCUT2D eigenvalue weighted by molar-refractivity contribution is 4.89. The van der Waals surface area contributed by atoms with Crippen molar-refractivity contribution < 1.29 is 0 Å². The molecule has 0 aliphatic heterocycles. The zero-order valence-electron chi connectivity index (χ0n) is 19.4. The fourth-order valence-corrected chi connectivity index (χ4v) is 0.500. The molecule has 23 heavy (non-hydrogen) atoms. The molecule has 0 aliphatic carbocycles. The van der Waals surface area contributed by atoms with Crippen LogP contribution in [-0.2, 0) is 0 Å². The molecule has 0 fully saturated rings. The van der Waals surface area contributed by atoms with Gasteiger partial charge in [0, 0.05) is 0 Å². The van der Waals surface area contributed by atoms with E-state index >= 15 is 0 Å². The molecule has 0 aromatic rings. The lowest BCUT2D eigenvalue weighted by Gasteiger charge is -2.12. The summed E-state index contributed by atoms with van der Waals surface area (Å²) in [6.07, 6.45) is 7.62. The van der Waals surface area contributed by atoms with Gasteiger partial charge < -0.3 is 0 Å². The summed E-state index contributed by atoms with van der Waals surface area (Å²) in [5.74, 6) is 0. The Hall–Kier alpha value is -0.520. The van der Waals surface area contributed by atoms with Gasteiger partial charge >= 0.3 is 0 Å². The van der Waals surface area contributed by atoms with Crippen LogP contribution in [0.25, 0.3) is 0 Å². The van der Waals surface area contributed by atoms with Gasteiger partial charge in [0.25, 0.3) is 0 Å². The first-order valence-electron chi connectivity index (χ1n) is 9.13. The predicted octanol–water partition coefficient (Wildman–Crippen LogP) is 9.08. The Labute approximate surface area is 150 Å². The maximum atomic E-state index is 2.24. The van der Waals surface area contributed by atoms with Gasteiger partial charge in [-0.05, 0) is 43.9 Å². The van der Waals surface area contributed by atoms with Crippen LogP contribution >= 0.6 is 0 Å². The Morgan fingerprint density at radius 1 is 0.739 bits per heavy atom. The fraction of sp³-hybridized carbons (Fsp3) is 0.826. The standard InChI is InChI=1S/C7H14.C6H14.C5H12.C5H10/c1-5-6-7(2,3)4;1-5-6(2,3)4;1-5(2,3)4;1-4-5(2)3/h5-6H,1-4H3;5H2,1-4H3;1-4H3;4H,1-3H3. The van der Waals surface area contributed by atoms with E-state index in [-0.39, 0.29) is 0 Å².